The van der Waals surface area contributed by atoms with Crippen molar-refractivity contribution in [3.8, 4) is 0 Å². The number of hydrogen-bond donors (Lipinski definition) is 8. The molecule has 0 radical (unpaired) electrons. The monoisotopic (exact) mass is 893 g/mol. The van der Waals surface area contributed by atoms with Crippen molar-refractivity contribution in [3.05, 3.63) is 156 Å². The summed E-state index contributed by atoms with van der Waals surface area (Å²) in [5.41, 5.74) is 18.6. The predicted octanol–water partition coefficient (Wildman–Crippen LogP) is 3.19. The fraction of sp³-hybridized carbons (Fsp3) is 0.314. The molecule has 5 aromatic carbocycles. The molecule has 5 aromatic rings. The first-order valence-corrected chi connectivity index (χ1v) is 22.3. The zero-order valence-electron chi connectivity index (χ0n) is 36.9. The zero-order valence-corrected chi connectivity index (χ0v) is 36.9. The Kier molecular flexibility index (Phi) is 17.0. The first kappa shape index (κ1) is 47.9. The van der Waals surface area contributed by atoms with Crippen molar-refractivity contribution in [2.45, 2.75) is 87.4 Å². The van der Waals surface area contributed by atoms with E-state index in [1.165, 1.54) is 0 Å². The van der Waals surface area contributed by atoms with Gasteiger partial charge in [0.25, 0.3) is 0 Å². The summed E-state index contributed by atoms with van der Waals surface area (Å²) in [6, 6.07) is 38.2. The molecule has 11 N–H and O–H groups in total. The van der Waals surface area contributed by atoms with Gasteiger partial charge >= 0.3 is 0 Å². The fourth-order valence-electron chi connectivity index (χ4n) is 8.45. The van der Waals surface area contributed by atoms with Crippen molar-refractivity contribution in [2.75, 3.05) is 13.1 Å². The van der Waals surface area contributed by atoms with Crippen LogP contribution in [0, 0.1) is 0 Å². The van der Waals surface area contributed by atoms with Gasteiger partial charge in [-0.15, -0.1) is 0 Å². The number of carbonyl (C=O) groups is 6. The average molecular weight is 894 g/mol. The van der Waals surface area contributed by atoms with Crippen molar-refractivity contribution in [1.82, 2.24) is 26.6 Å². The number of aliphatic imine (C=N–C) groups is 1. The summed E-state index contributed by atoms with van der Waals surface area (Å²) < 4.78 is 0. The van der Waals surface area contributed by atoms with Crippen LogP contribution >= 0.6 is 0 Å². The molecule has 0 aromatic heterocycles. The largest absolute Gasteiger partial charge is 0.370 e. The van der Waals surface area contributed by atoms with Crippen LogP contribution in [0.15, 0.2) is 138 Å². The lowest BCUT2D eigenvalue weighted by molar-refractivity contribution is -0.138. The highest BCUT2D eigenvalue weighted by molar-refractivity contribution is 5.98. The number of rotatable bonds is 21. The van der Waals surface area contributed by atoms with Crippen LogP contribution in [0.4, 0.5) is 0 Å². The first-order valence-electron chi connectivity index (χ1n) is 22.3. The van der Waals surface area contributed by atoms with Crippen LogP contribution in [0.1, 0.15) is 66.7 Å². The number of primary amides is 1. The Morgan fingerprint density at radius 2 is 1.17 bits per heavy atom. The minimum absolute atomic E-state index is 0.0474. The molecule has 6 amide bonds. The second-order valence-corrected chi connectivity index (χ2v) is 16.8. The third-order valence-electron chi connectivity index (χ3n) is 11.9. The van der Waals surface area contributed by atoms with E-state index in [1.807, 2.05) is 121 Å². The summed E-state index contributed by atoms with van der Waals surface area (Å²) in [7, 11) is 0. The van der Waals surface area contributed by atoms with Crippen LogP contribution in [-0.2, 0) is 48.0 Å². The van der Waals surface area contributed by atoms with Gasteiger partial charge in [-0.2, -0.15) is 0 Å². The maximum absolute atomic E-state index is 14.8. The number of benzene rings is 5. The van der Waals surface area contributed by atoms with Crippen LogP contribution in [-0.4, -0.2) is 78.2 Å². The lowest BCUT2D eigenvalue weighted by atomic mass is 9.73. The fourth-order valence-corrected chi connectivity index (χ4v) is 8.45. The summed E-state index contributed by atoms with van der Waals surface area (Å²) in [5, 5.41) is 16.2. The Labute approximate surface area is 384 Å². The van der Waals surface area contributed by atoms with Gasteiger partial charge in [-0.1, -0.05) is 133 Å². The van der Waals surface area contributed by atoms with Gasteiger partial charge in [0.15, 0.2) is 5.96 Å². The third-order valence-corrected chi connectivity index (χ3v) is 11.9. The highest BCUT2D eigenvalue weighted by Crippen LogP contribution is 2.38. The van der Waals surface area contributed by atoms with E-state index in [0.717, 1.165) is 33.0 Å². The average Bonchev–Trinajstić information content (AvgIpc) is 3.32. The summed E-state index contributed by atoms with van der Waals surface area (Å²) in [5.74, 6) is -3.59. The van der Waals surface area contributed by atoms with Crippen molar-refractivity contribution >= 4 is 52.2 Å². The number of nitrogens with two attached hydrogens (primary N) is 3. The number of hydrogen-bond acceptors (Lipinski definition) is 7. The Balaban J connectivity index is 1.26. The molecular formula is C51H59N9O6. The molecule has 344 valence electrons. The van der Waals surface area contributed by atoms with Crippen LogP contribution in [0.25, 0.3) is 10.8 Å². The van der Waals surface area contributed by atoms with E-state index in [1.54, 1.807) is 0 Å². The number of amides is 6. The molecule has 3 atom stereocenters. The molecule has 0 heterocycles. The summed E-state index contributed by atoms with van der Waals surface area (Å²) in [6.45, 7) is -0.315. The predicted molar refractivity (Wildman–Crippen MR) is 254 cm³/mol. The smallest absolute Gasteiger partial charge is 0.246 e. The second-order valence-electron chi connectivity index (χ2n) is 16.8. The van der Waals surface area contributed by atoms with Crippen LogP contribution in [0.2, 0.25) is 0 Å². The molecule has 66 heavy (non-hydrogen) atoms. The van der Waals surface area contributed by atoms with Gasteiger partial charge in [0.2, 0.25) is 35.4 Å². The SMILES string of the molecule is NC(=O)CNC(=O)C(Cc1ccc2ccccc2c1)NC(=O)C(CCCN=C(N)N)NC(=O)C(Cc1ccccc1)NC(=O)C1(NC(=O)Cc2ccccc2)CCC(c2ccccc2)CC1. The molecule has 6 rings (SSSR count). The molecule has 0 bridgehead atoms. The maximum Gasteiger partial charge on any atom is 0.246 e. The van der Waals surface area contributed by atoms with Gasteiger partial charge in [0, 0.05) is 19.4 Å². The van der Waals surface area contributed by atoms with Crippen molar-refractivity contribution in [2.24, 2.45) is 22.2 Å². The van der Waals surface area contributed by atoms with Gasteiger partial charge in [0.05, 0.1) is 13.0 Å². The van der Waals surface area contributed by atoms with Crippen LogP contribution in [0.3, 0.4) is 0 Å². The number of fused-ring (bicyclic) bond motifs is 1. The molecule has 1 saturated carbocycles. The number of carbonyl (C=O) groups excluding carboxylic acids is 6. The molecule has 15 nitrogen and oxygen atoms in total. The minimum Gasteiger partial charge on any atom is -0.370 e. The lowest BCUT2D eigenvalue weighted by Gasteiger charge is -2.40. The first-order chi connectivity index (χ1) is 31.9. The van der Waals surface area contributed by atoms with E-state index in [2.05, 4.69) is 43.7 Å². The second kappa shape index (κ2) is 23.4. The van der Waals surface area contributed by atoms with Crippen LogP contribution in [0.5, 0.6) is 0 Å². The van der Waals surface area contributed by atoms with Crippen molar-refractivity contribution < 1.29 is 28.8 Å². The zero-order chi connectivity index (χ0) is 46.9. The summed E-state index contributed by atoms with van der Waals surface area (Å²) in [4.78, 5) is 86.9. The van der Waals surface area contributed by atoms with E-state index in [9.17, 15) is 28.8 Å². The van der Waals surface area contributed by atoms with Gasteiger partial charge in [-0.25, -0.2) is 0 Å². The number of nitrogens with one attached hydrogen (secondary N) is 5. The topological polar surface area (TPSA) is 253 Å². The molecular weight excluding hydrogens is 835 g/mol. The van der Waals surface area contributed by atoms with E-state index in [4.69, 9.17) is 17.2 Å². The van der Waals surface area contributed by atoms with Crippen molar-refractivity contribution in [1.29, 1.82) is 0 Å². The normalized spacial score (nSPS) is 16.9. The van der Waals surface area contributed by atoms with Gasteiger partial charge < -0.3 is 43.8 Å². The molecule has 1 aliphatic carbocycles. The Morgan fingerprint density at radius 1 is 0.606 bits per heavy atom. The molecule has 0 saturated heterocycles. The summed E-state index contributed by atoms with van der Waals surface area (Å²) >= 11 is 0. The Bertz CT molecular complexity index is 2470. The Hall–Kier alpha value is -7.55. The van der Waals surface area contributed by atoms with Gasteiger partial charge in [-0.3, -0.25) is 33.8 Å². The highest BCUT2D eigenvalue weighted by Gasteiger charge is 2.45. The Morgan fingerprint density at radius 3 is 1.82 bits per heavy atom. The minimum atomic E-state index is -1.34. The number of guanidine groups is 1. The van der Waals surface area contributed by atoms with Gasteiger partial charge in [0.1, 0.15) is 23.7 Å². The highest BCUT2D eigenvalue weighted by atomic mass is 16.2. The van der Waals surface area contributed by atoms with E-state index in [0.29, 0.717) is 25.7 Å². The lowest BCUT2D eigenvalue weighted by Crippen LogP contribution is -2.64. The molecule has 1 fully saturated rings. The third kappa shape index (κ3) is 14.0. The summed E-state index contributed by atoms with van der Waals surface area (Å²) in [6.07, 6.45) is 2.35. The molecule has 0 aliphatic heterocycles. The molecule has 15 heteroatoms. The molecule has 0 spiro atoms. The van der Waals surface area contributed by atoms with Crippen LogP contribution < -0.4 is 43.8 Å². The molecule has 3 unspecified atom stereocenters. The standard InChI is InChI=1S/C51H59N9O6/c52-44(61)33-56-46(63)42(31-36-22-23-38-19-10-11-20-40(38)29-36)58-47(64)41(21-12-28-55-50(53)54)57-48(65)43(30-34-13-4-1-5-14-34)59-49(66)51(60-45(62)32-35-15-6-2-7-16-35)26-24-39(25-27-51)37-17-8-3-9-18-37/h1-11,13-20,22-23,29,39,41-43H,12,21,24-28,30-33H2,(H2,52,61)(H,56,63)(H,57,65)(H,58,64)(H,59,66)(H,60,62)(H4,53,54,55). The molecule has 1 aliphatic rings. The van der Waals surface area contributed by atoms with E-state index < -0.39 is 59.7 Å². The van der Waals surface area contributed by atoms with Crippen molar-refractivity contribution in [3.63, 3.8) is 0 Å². The number of nitrogens with zero attached hydrogens (tertiary/aromatic N) is 1. The van der Waals surface area contributed by atoms with E-state index >= 15 is 0 Å². The maximum atomic E-state index is 14.8. The van der Waals surface area contributed by atoms with E-state index in [-0.39, 0.29) is 56.4 Å². The van der Waals surface area contributed by atoms with Gasteiger partial charge in [-0.05, 0) is 77.5 Å². The quantitative estimate of drug-likeness (QED) is 0.0308.